The van der Waals surface area contributed by atoms with Gasteiger partial charge in [-0.25, -0.2) is 29.9 Å². The summed E-state index contributed by atoms with van der Waals surface area (Å²) >= 11 is 0. The number of aliphatic hydroxyl groups is 5. The van der Waals surface area contributed by atoms with Crippen LogP contribution in [0.15, 0.2) is 42.7 Å². The number of Topliss-reactive ketones (excluding diaryl/α,β-unsaturated/α-hetero) is 1. The molecule has 3 saturated carbocycles. The fraction of sp³-hybridized carbons (Fsp3) is 0.700. The van der Waals surface area contributed by atoms with E-state index in [9.17, 15) is 75.8 Å². The molecule has 0 radical (unpaired) electrons. The first-order chi connectivity index (χ1) is 40.7. The van der Waals surface area contributed by atoms with E-state index in [0.29, 0.717) is 11.3 Å². The van der Waals surface area contributed by atoms with Crippen LogP contribution in [0.5, 0.6) is 0 Å². The molecule has 7 rings (SSSR count). The molecular weight excluding hydrogens is 1320 g/mol. The third kappa shape index (κ3) is 27.2. The number of aromatic nitrogens is 6. The number of rotatable bonds is 27. The molecule has 15 atom stereocenters. The van der Waals surface area contributed by atoms with Gasteiger partial charge in [0, 0.05) is 51.1 Å². The minimum Gasteiger partial charge on any atom is -0.726 e. The molecular formula is C50H71N8Na4O26S3-. The Morgan fingerprint density at radius 1 is 0.813 bits per heavy atom. The molecule has 4 fully saturated rings. The smallest absolute Gasteiger partial charge is 0.726 e. The number of aliphatic carboxylic acids is 1. The van der Waals surface area contributed by atoms with Gasteiger partial charge < -0.3 is 85.6 Å². The summed E-state index contributed by atoms with van der Waals surface area (Å²) in [5.41, 5.74) is -1.15. The fourth-order valence-corrected chi connectivity index (χ4v) is 11.9. The summed E-state index contributed by atoms with van der Waals surface area (Å²) in [4.78, 5) is 53.6. The normalized spacial score (nSPS) is 27.6. The number of ether oxygens (including phenoxy) is 4. The number of carbonyl (C=O) groups is 4. The van der Waals surface area contributed by atoms with Gasteiger partial charge in [0.25, 0.3) is 5.91 Å². The molecule has 41 heteroatoms. The molecule has 1 aromatic carbocycles. The Balaban J connectivity index is 0.00000301. The average Bonchev–Trinajstić information content (AvgIpc) is 1.75. The molecule has 3 aliphatic carbocycles. The second kappa shape index (κ2) is 38.8. The summed E-state index contributed by atoms with van der Waals surface area (Å²) < 4.78 is 137. The van der Waals surface area contributed by atoms with E-state index in [1.165, 1.54) is 4.68 Å². The first kappa shape index (κ1) is 85.9. The van der Waals surface area contributed by atoms with Crippen molar-refractivity contribution >= 4 is 54.8 Å². The Bertz CT molecular complexity index is 3080. The molecule has 34 nitrogen and oxygen atoms in total. The second-order valence-corrected chi connectivity index (χ2v) is 25.1. The van der Waals surface area contributed by atoms with Crippen LogP contribution in [0.2, 0.25) is 0 Å². The van der Waals surface area contributed by atoms with Crippen molar-refractivity contribution in [2.24, 2.45) is 23.2 Å². The van der Waals surface area contributed by atoms with Crippen LogP contribution in [0.3, 0.4) is 0 Å². The van der Waals surface area contributed by atoms with Crippen molar-refractivity contribution in [3.05, 3.63) is 55.3 Å². The van der Waals surface area contributed by atoms with Gasteiger partial charge in [0.15, 0.2) is 12.0 Å². The Morgan fingerprint density at radius 3 is 2.00 bits per heavy atom. The molecule has 1 aliphatic heterocycles. The van der Waals surface area contributed by atoms with E-state index < -0.39 is 172 Å². The van der Waals surface area contributed by atoms with Gasteiger partial charge in [-0.1, -0.05) is 85.2 Å². The molecule has 3 heterocycles. The number of carboxylic acid groups (broad SMARTS) is 1. The van der Waals surface area contributed by atoms with Gasteiger partial charge in [-0.15, -0.1) is 10.2 Å². The number of hydrogen-bond acceptors (Lipinski definition) is 29. The van der Waals surface area contributed by atoms with Crippen LogP contribution < -0.4 is 134 Å². The van der Waals surface area contributed by atoms with Crippen molar-refractivity contribution in [2.45, 2.75) is 170 Å². The predicted octanol–water partition coefficient (Wildman–Crippen LogP) is -15.6. The van der Waals surface area contributed by atoms with E-state index in [1.807, 2.05) is 6.07 Å². The first-order valence-corrected chi connectivity index (χ1v) is 31.6. The average molecular weight is 1390 g/mol. The minimum absolute atomic E-state index is 0. The fourth-order valence-electron chi connectivity index (χ4n) is 11.1. The predicted molar refractivity (Wildman–Crippen MR) is 285 cm³/mol. The van der Waals surface area contributed by atoms with E-state index >= 15 is 0 Å². The van der Waals surface area contributed by atoms with Gasteiger partial charge in [-0.3, -0.25) is 32.0 Å². The van der Waals surface area contributed by atoms with Gasteiger partial charge >= 0.3 is 118 Å². The third-order valence-corrected chi connectivity index (χ3v) is 16.1. The van der Waals surface area contributed by atoms with Crippen LogP contribution >= 0.6 is 0 Å². The maximum absolute atomic E-state index is 14.6. The zero-order chi connectivity index (χ0) is 64.2. The van der Waals surface area contributed by atoms with Crippen molar-refractivity contribution in [3.8, 4) is 11.3 Å². The number of nitrogens with one attached hydrogen (secondary N) is 2. The molecule has 6 unspecified atom stereocenters. The summed E-state index contributed by atoms with van der Waals surface area (Å²) in [6.45, 7) is 2.80. The summed E-state index contributed by atoms with van der Waals surface area (Å²) in [5, 5.41) is 89.8. The SMILES string of the molecule is O=S(=O)([O-])O.[CH2-]C(COS(=O)(=O)[O-])(COS(=O)(=O)[O-])Cn1cc(C(=O)NCCCC(=O)C2CC(n3cc(-c4ccccc4)nn3)[C@@H](O[C@@H]3CC(C)[C@@H](O)[C@H](O)C3O)[C@H](O[C@@H]3O[C@@H](CO)[C@H](O)C(O[C@@H](CC4CCCCC4)C(=O)[O-])C3NC(C)=O)C2)nn1.[Na+].[Na+].[Na+].[Na+]. The molecule has 8 N–H and O–H groups in total. The molecule has 2 amide bonds. The largest absolute Gasteiger partial charge is 1.00 e. The van der Waals surface area contributed by atoms with Crippen LogP contribution in [0.1, 0.15) is 101 Å². The van der Waals surface area contributed by atoms with E-state index in [1.54, 1.807) is 37.4 Å². The number of aliphatic hydroxyl groups excluding tert-OH is 5. The Hall–Kier alpha value is -1.17. The molecule has 91 heavy (non-hydrogen) atoms. The van der Waals surface area contributed by atoms with E-state index in [-0.39, 0.29) is 181 Å². The van der Waals surface area contributed by atoms with Crippen molar-refractivity contribution in [1.82, 2.24) is 40.6 Å². The van der Waals surface area contributed by atoms with Gasteiger partial charge in [0.05, 0.1) is 55.4 Å². The number of carbonyl (C=O) groups excluding carboxylic acids is 4. The zero-order valence-electron chi connectivity index (χ0n) is 51.1. The van der Waals surface area contributed by atoms with Crippen molar-refractivity contribution < 1.29 is 239 Å². The number of ketones is 1. The van der Waals surface area contributed by atoms with Crippen LogP contribution in [0.25, 0.3) is 11.3 Å². The van der Waals surface area contributed by atoms with Gasteiger partial charge in [-0.05, 0) is 43.9 Å². The van der Waals surface area contributed by atoms with Crippen LogP contribution in [0, 0.1) is 30.1 Å². The van der Waals surface area contributed by atoms with Gasteiger partial charge in [-0.2, -0.15) is 0 Å². The maximum Gasteiger partial charge on any atom is 1.00 e. The Morgan fingerprint density at radius 2 is 1.43 bits per heavy atom. The quantitative estimate of drug-likeness (QED) is 0.0115. The number of amides is 2. The number of nitrogens with zero attached hydrogens (tertiary/aromatic N) is 6. The molecule has 4 aliphatic rings. The van der Waals surface area contributed by atoms with Crippen molar-refractivity contribution in [3.63, 3.8) is 0 Å². The third-order valence-electron chi connectivity index (χ3n) is 15.3. The summed E-state index contributed by atoms with van der Waals surface area (Å²) in [6.07, 6.45) is -9.68. The monoisotopic (exact) mass is 1390 g/mol. The van der Waals surface area contributed by atoms with Crippen molar-refractivity contribution in [2.75, 3.05) is 26.4 Å². The van der Waals surface area contributed by atoms with E-state index in [4.69, 9.17) is 36.5 Å². The number of carboxylic acids is 1. The van der Waals surface area contributed by atoms with Crippen LogP contribution in [-0.4, -0.2) is 222 Å². The summed E-state index contributed by atoms with van der Waals surface area (Å²) in [6, 6.07) is 6.52. The van der Waals surface area contributed by atoms with Crippen molar-refractivity contribution in [1.29, 1.82) is 0 Å². The summed E-state index contributed by atoms with van der Waals surface area (Å²) in [7, 11) is -15.5. The first-order valence-electron chi connectivity index (χ1n) is 27.6. The molecule has 490 valence electrons. The topological polar surface area (TPSA) is 525 Å². The standard InChI is InChI=1S/C50H73N8O22S2.4Na.H2O4S/c1-27-17-36(42(63)44(65)41(27)62)77-45-34(58-22-32(53-56-58)30-13-8-5-9-14-30)19-31(35(61)15-10-16-51-47(66)33-21-57(55-54-33)24-50(3,25-75-81(69,70)71)26-76-82(72,73)74)20-37(45)79-49-40(52-28(2)60)46(43(64)39(23-59)80-49)78-38(48(67)68)18-29-11-6-4-7-12-29;;;;;1-5(2,3)4/h5,8-9,13-14,21-22,27,29,31,34,36-46,49,59,62-65H,3-4,6-7,10-12,15-20,23-26H2,1-2H3,(H,51,66)(H,52,60)(H,67,68)(H,69,70,71)(H,72,73,74);;;;;(H2,1,2,3,4)/q-1;4*+1;/p-4/t27?,31?,34?,36-,37-,38+,39+,40?,41-,42?,43+,44+,45-,46?,49-;;;;;/m1...../s1. The molecule has 0 bridgehead atoms. The van der Waals surface area contributed by atoms with Gasteiger partial charge in [0.1, 0.15) is 54.1 Å². The maximum atomic E-state index is 14.6. The Labute approximate surface area is 614 Å². The second-order valence-electron chi connectivity index (χ2n) is 22.2. The molecule has 0 spiro atoms. The van der Waals surface area contributed by atoms with Gasteiger partial charge in [0.2, 0.25) is 37.1 Å². The summed E-state index contributed by atoms with van der Waals surface area (Å²) in [5.74, 6) is -4.95. The molecule has 2 aromatic heterocycles. The number of hydrogen-bond donors (Lipinski definition) is 8. The molecule has 1 saturated heterocycles. The Kier molecular flexibility index (Phi) is 36.7. The van der Waals surface area contributed by atoms with Crippen LogP contribution in [-0.2, 0) is 79.4 Å². The number of benzene rings is 1. The minimum atomic E-state index is -5.31. The van der Waals surface area contributed by atoms with E-state index in [2.05, 4.69) is 46.5 Å². The van der Waals surface area contributed by atoms with Crippen LogP contribution in [0.4, 0.5) is 0 Å². The van der Waals surface area contributed by atoms with E-state index in [0.717, 1.165) is 49.9 Å². The zero-order valence-corrected chi connectivity index (χ0v) is 61.5. The molecule has 3 aromatic rings.